The lowest BCUT2D eigenvalue weighted by Gasteiger charge is -2.32. The molecule has 3 saturated carbocycles. The van der Waals surface area contributed by atoms with Gasteiger partial charge in [0.05, 0.1) is 24.7 Å². The number of nitrogens with zero attached hydrogens (tertiary/aromatic N) is 1. The monoisotopic (exact) mass is 374 g/mol. The Bertz CT molecular complexity index is 765. The number of amides is 1. The number of carbonyl (C=O) groups excluding carboxylic acids is 1. The smallest absolute Gasteiger partial charge is 0.286 e. The molecule has 1 aromatic rings. The van der Waals surface area contributed by atoms with Crippen molar-refractivity contribution < 1.29 is 19.2 Å². The molecule has 0 aliphatic heterocycles. The Morgan fingerprint density at radius 2 is 2.00 bits per heavy atom. The second-order valence-electron chi connectivity index (χ2n) is 7.94. The Labute approximate surface area is 158 Å². The number of nitro groups is 1. The van der Waals surface area contributed by atoms with Crippen LogP contribution in [-0.2, 0) is 0 Å². The third kappa shape index (κ3) is 3.03. The molecule has 5 atom stereocenters. The van der Waals surface area contributed by atoms with Gasteiger partial charge in [-0.25, -0.2) is 0 Å². The first-order valence-electron chi connectivity index (χ1n) is 9.83. The first-order chi connectivity index (χ1) is 13.0. The highest BCUT2D eigenvalue weighted by molar-refractivity contribution is 5.99. The summed E-state index contributed by atoms with van der Waals surface area (Å²) >= 11 is 0. The van der Waals surface area contributed by atoms with Gasteiger partial charge in [0.15, 0.2) is 11.5 Å². The van der Waals surface area contributed by atoms with Crippen LogP contribution in [0.4, 0.5) is 5.69 Å². The van der Waals surface area contributed by atoms with Gasteiger partial charge < -0.3 is 14.8 Å². The molecule has 1 N–H and O–H groups in total. The van der Waals surface area contributed by atoms with Gasteiger partial charge in [-0.2, -0.15) is 0 Å². The summed E-state index contributed by atoms with van der Waals surface area (Å²) in [6, 6.07) is 2.83. The molecule has 3 fully saturated rings. The van der Waals surface area contributed by atoms with E-state index in [9.17, 15) is 14.9 Å². The molecule has 7 nitrogen and oxygen atoms in total. The van der Waals surface area contributed by atoms with Crippen molar-refractivity contribution in [2.75, 3.05) is 13.7 Å². The minimum atomic E-state index is -0.537. The van der Waals surface area contributed by atoms with Gasteiger partial charge in [0.25, 0.3) is 11.6 Å². The van der Waals surface area contributed by atoms with E-state index in [4.69, 9.17) is 9.47 Å². The number of hydrogen-bond acceptors (Lipinski definition) is 5. The lowest BCUT2D eigenvalue weighted by Crippen LogP contribution is -2.42. The Balaban J connectivity index is 1.57. The van der Waals surface area contributed by atoms with Crippen LogP contribution in [0.5, 0.6) is 11.5 Å². The number of rotatable bonds is 6. The van der Waals surface area contributed by atoms with Gasteiger partial charge in [0.2, 0.25) is 0 Å². The summed E-state index contributed by atoms with van der Waals surface area (Å²) in [5, 5.41) is 14.6. The van der Waals surface area contributed by atoms with Crippen LogP contribution in [0, 0.1) is 33.8 Å². The Morgan fingerprint density at radius 3 is 2.70 bits per heavy atom. The zero-order valence-corrected chi connectivity index (χ0v) is 15.8. The van der Waals surface area contributed by atoms with Crippen LogP contribution >= 0.6 is 0 Å². The van der Waals surface area contributed by atoms with Crippen LogP contribution in [-0.4, -0.2) is 30.6 Å². The van der Waals surface area contributed by atoms with Gasteiger partial charge >= 0.3 is 0 Å². The third-order valence-electron chi connectivity index (χ3n) is 6.77. The van der Waals surface area contributed by atoms with Gasteiger partial charge in [-0.05, 0) is 56.3 Å². The summed E-state index contributed by atoms with van der Waals surface area (Å²) in [5.41, 5.74) is -0.218. The number of nitrogens with one attached hydrogen (secondary N) is 1. The second kappa shape index (κ2) is 7.02. The minimum Gasteiger partial charge on any atom is -0.493 e. The maximum Gasteiger partial charge on any atom is 0.286 e. The number of hydrogen-bond donors (Lipinski definition) is 1. The predicted molar refractivity (Wildman–Crippen MR) is 99.1 cm³/mol. The first kappa shape index (κ1) is 18.1. The van der Waals surface area contributed by atoms with Crippen LogP contribution in [0.3, 0.4) is 0 Å². The van der Waals surface area contributed by atoms with E-state index >= 15 is 0 Å². The summed E-state index contributed by atoms with van der Waals surface area (Å²) in [7, 11) is 1.46. The molecular formula is C20H26N2O5. The van der Waals surface area contributed by atoms with Gasteiger partial charge in [-0.15, -0.1) is 0 Å². The van der Waals surface area contributed by atoms with E-state index in [0.29, 0.717) is 24.2 Å². The highest BCUT2D eigenvalue weighted by Crippen LogP contribution is 2.58. The highest BCUT2D eigenvalue weighted by atomic mass is 16.6. The fraction of sp³-hybridized carbons (Fsp3) is 0.650. The van der Waals surface area contributed by atoms with Gasteiger partial charge in [-0.1, -0.05) is 6.42 Å². The fourth-order valence-electron chi connectivity index (χ4n) is 5.79. The first-order valence-corrected chi connectivity index (χ1v) is 9.83. The normalized spacial score (nSPS) is 30.8. The van der Waals surface area contributed by atoms with Gasteiger partial charge in [0.1, 0.15) is 5.56 Å². The number of fused-ring (bicyclic) bond motifs is 5. The van der Waals surface area contributed by atoms with Crippen molar-refractivity contribution in [3.8, 4) is 11.5 Å². The molecule has 2 bridgehead atoms. The van der Waals surface area contributed by atoms with Crippen molar-refractivity contribution in [1.29, 1.82) is 0 Å². The molecule has 0 aromatic heterocycles. The maximum absolute atomic E-state index is 12.9. The van der Waals surface area contributed by atoms with Crippen molar-refractivity contribution in [2.45, 2.75) is 45.1 Å². The predicted octanol–water partition coefficient (Wildman–Crippen LogP) is 3.56. The summed E-state index contributed by atoms with van der Waals surface area (Å²) in [6.07, 6.45) is 6.07. The molecule has 1 aromatic carbocycles. The molecule has 0 radical (unpaired) electrons. The number of benzene rings is 1. The molecule has 1 amide bonds. The van der Waals surface area contributed by atoms with E-state index in [1.807, 2.05) is 0 Å². The molecule has 27 heavy (non-hydrogen) atoms. The molecule has 0 heterocycles. The van der Waals surface area contributed by atoms with Crippen molar-refractivity contribution in [3.63, 3.8) is 0 Å². The molecule has 146 valence electrons. The van der Waals surface area contributed by atoms with Crippen molar-refractivity contribution in [3.05, 3.63) is 27.8 Å². The van der Waals surface area contributed by atoms with E-state index in [-0.39, 0.29) is 23.0 Å². The van der Waals surface area contributed by atoms with E-state index < -0.39 is 10.8 Å². The zero-order chi connectivity index (χ0) is 19.1. The van der Waals surface area contributed by atoms with Crippen LogP contribution in [0.2, 0.25) is 0 Å². The van der Waals surface area contributed by atoms with Crippen LogP contribution < -0.4 is 14.8 Å². The molecule has 4 rings (SSSR count). The third-order valence-corrected chi connectivity index (χ3v) is 6.77. The summed E-state index contributed by atoms with van der Waals surface area (Å²) in [4.78, 5) is 23.9. The fourth-order valence-corrected chi connectivity index (χ4v) is 5.79. The molecule has 3 aliphatic carbocycles. The van der Waals surface area contributed by atoms with Crippen LogP contribution in [0.1, 0.15) is 49.4 Å². The average molecular weight is 374 g/mol. The summed E-state index contributed by atoms with van der Waals surface area (Å²) in [6.45, 7) is 2.14. The summed E-state index contributed by atoms with van der Waals surface area (Å²) < 4.78 is 10.7. The largest absolute Gasteiger partial charge is 0.493 e. The van der Waals surface area contributed by atoms with E-state index in [2.05, 4.69) is 5.32 Å². The van der Waals surface area contributed by atoms with Crippen molar-refractivity contribution >= 4 is 11.6 Å². The topological polar surface area (TPSA) is 90.7 Å². The molecule has 0 saturated heterocycles. The minimum absolute atomic E-state index is 0.0334. The molecule has 3 aliphatic rings. The zero-order valence-electron chi connectivity index (χ0n) is 15.8. The lowest BCUT2D eigenvalue weighted by molar-refractivity contribution is -0.385. The average Bonchev–Trinajstić information content (AvgIpc) is 3.34. The molecule has 0 unspecified atom stereocenters. The Hall–Kier alpha value is -2.31. The quantitative estimate of drug-likeness (QED) is 0.607. The Morgan fingerprint density at radius 1 is 1.22 bits per heavy atom. The number of nitro benzene ring substituents is 1. The molecule has 0 spiro atoms. The second-order valence-corrected chi connectivity index (χ2v) is 7.94. The van der Waals surface area contributed by atoms with Crippen molar-refractivity contribution in [2.24, 2.45) is 23.7 Å². The number of carbonyl (C=O) groups is 1. The van der Waals surface area contributed by atoms with Gasteiger partial charge in [-0.3, -0.25) is 14.9 Å². The highest BCUT2D eigenvalue weighted by Gasteiger charge is 2.54. The van der Waals surface area contributed by atoms with Crippen LogP contribution in [0.15, 0.2) is 12.1 Å². The number of ether oxygens (including phenoxy) is 2. The van der Waals surface area contributed by atoms with E-state index in [1.54, 1.807) is 6.92 Å². The van der Waals surface area contributed by atoms with Crippen molar-refractivity contribution in [1.82, 2.24) is 5.32 Å². The van der Waals surface area contributed by atoms with E-state index in [0.717, 1.165) is 18.3 Å². The number of methoxy groups -OCH3 is 1. The SMILES string of the molecule is CCOc1cc([N+](=O)[O-])c(C(=O)N[C@@H]2C[C@H]3C[C@H]2[C@@H]2CCC[C@@H]32)cc1OC. The lowest BCUT2D eigenvalue weighted by atomic mass is 9.79. The molecular weight excluding hydrogens is 348 g/mol. The Kier molecular flexibility index (Phi) is 4.70. The standard InChI is InChI=1S/C20H26N2O5/c1-3-27-19-10-17(22(24)25)15(9-18(19)26-2)20(23)21-16-8-11-7-14(16)13-6-4-5-12(11)13/h9-14,16H,3-8H2,1-2H3,(H,21,23)/t11-,12+,13-,14+,16-/m1/s1. The molecule has 7 heteroatoms. The summed E-state index contributed by atoms with van der Waals surface area (Å²) in [5.74, 6) is 3.00. The van der Waals surface area contributed by atoms with Crippen LogP contribution in [0.25, 0.3) is 0 Å². The van der Waals surface area contributed by atoms with Gasteiger partial charge in [0, 0.05) is 12.1 Å². The maximum atomic E-state index is 12.9. The van der Waals surface area contributed by atoms with E-state index in [1.165, 1.54) is 44.9 Å².